The molecule has 1 aromatic heterocycles. The van der Waals surface area contributed by atoms with E-state index in [1.165, 1.54) is 18.7 Å². The molecule has 3 nitrogen and oxygen atoms in total. The summed E-state index contributed by atoms with van der Waals surface area (Å²) in [5.74, 6) is 1.88. The van der Waals surface area contributed by atoms with Crippen molar-refractivity contribution < 1.29 is 0 Å². The summed E-state index contributed by atoms with van der Waals surface area (Å²) in [6.07, 6.45) is 3.62. The smallest absolute Gasteiger partial charge is 0.144 e. The van der Waals surface area contributed by atoms with Crippen molar-refractivity contribution in [3.05, 3.63) is 11.5 Å². The fourth-order valence-electron chi connectivity index (χ4n) is 1.65. The van der Waals surface area contributed by atoms with Gasteiger partial charge in [-0.05, 0) is 19.8 Å². The van der Waals surface area contributed by atoms with Crippen LogP contribution in [0.15, 0.2) is 0 Å². The van der Waals surface area contributed by atoms with Crippen LogP contribution in [0.2, 0.25) is 0 Å². The average Bonchev–Trinajstić information content (AvgIpc) is 2.30. The van der Waals surface area contributed by atoms with E-state index in [1.807, 2.05) is 6.92 Å². The Labute approximate surface area is 66.2 Å². The van der Waals surface area contributed by atoms with E-state index < -0.39 is 0 Å². The van der Waals surface area contributed by atoms with Gasteiger partial charge >= 0.3 is 0 Å². The molecule has 3 heteroatoms. The summed E-state index contributed by atoms with van der Waals surface area (Å²) >= 11 is 0. The van der Waals surface area contributed by atoms with Crippen LogP contribution < -0.4 is 5.73 Å². The number of rotatable bonds is 0. The molecule has 0 saturated carbocycles. The van der Waals surface area contributed by atoms with E-state index >= 15 is 0 Å². The minimum absolute atomic E-state index is 0.710. The predicted molar refractivity (Wildman–Crippen MR) is 44.3 cm³/mol. The first-order valence-corrected chi connectivity index (χ1v) is 4.10. The first-order chi connectivity index (χ1) is 5.29. The summed E-state index contributed by atoms with van der Waals surface area (Å²) in [4.78, 5) is 4.29. The second-order valence-electron chi connectivity index (χ2n) is 3.11. The largest absolute Gasteiger partial charge is 0.382 e. The molecule has 0 aromatic carbocycles. The van der Waals surface area contributed by atoms with Gasteiger partial charge in [0, 0.05) is 13.0 Å². The van der Waals surface area contributed by atoms with Gasteiger partial charge in [0.25, 0.3) is 0 Å². The van der Waals surface area contributed by atoms with Crippen molar-refractivity contribution in [1.29, 1.82) is 0 Å². The molecular formula is C8H13N3. The lowest BCUT2D eigenvalue weighted by Crippen LogP contribution is -2.11. The lowest BCUT2D eigenvalue weighted by atomic mass is 10.2. The summed E-state index contributed by atoms with van der Waals surface area (Å²) < 4.78 is 2.23. The van der Waals surface area contributed by atoms with Crippen LogP contribution in [0.25, 0.3) is 0 Å². The Kier molecular flexibility index (Phi) is 1.37. The fourth-order valence-corrected chi connectivity index (χ4v) is 1.65. The zero-order valence-corrected chi connectivity index (χ0v) is 6.80. The topological polar surface area (TPSA) is 43.8 Å². The molecule has 0 aliphatic carbocycles. The zero-order chi connectivity index (χ0) is 7.84. The lowest BCUT2D eigenvalue weighted by Gasteiger charge is -2.14. The van der Waals surface area contributed by atoms with Crippen molar-refractivity contribution in [3.63, 3.8) is 0 Å². The maximum absolute atomic E-state index is 5.69. The summed E-state index contributed by atoms with van der Waals surface area (Å²) in [6, 6.07) is 0. The predicted octanol–water partition coefficient (Wildman–Crippen LogP) is 1.11. The number of nitrogen functional groups attached to an aromatic ring is 1. The molecule has 0 unspecified atom stereocenters. The Morgan fingerprint density at radius 1 is 1.45 bits per heavy atom. The minimum atomic E-state index is 0.710. The molecule has 0 bridgehead atoms. The molecule has 60 valence electrons. The normalized spacial score (nSPS) is 16.5. The molecule has 0 atom stereocenters. The maximum Gasteiger partial charge on any atom is 0.144 e. The molecule has 0 amide bonds. The van der Waals surface area contributed by atoms with Crippen molar-refractivity contribution in [1.82, 2.24) is 9.55 Å². The molecule has 1 aliphatic rings. The summed E-state index contributed by atoms with van der Waals surface area (Å²) in [5.41, 5.74) is 6.83. The number of hydrogen-bond donors (Lipinski definition) is 1. The third-order valence-electron chi connectivity index (χ3n) is 2.37. The molecule has 0 radical (unpaired) electrons. The molecule has 2 rings (SSSR count). The van der Waals surface area contributed by atoms with E-state index in [4.69, 9.17) is 5.73 Å². The van der Waals surface area contributed by atoms with Crippen molar-refractivity contribution in [2.75, 3.05) is 5.73 Å². The number of aromatic nitrogens is 2. The van der Waals surface area contributed by atoms with Crippen molar-refractivity contribution in [2.24, 2.45) is 0 Å². The molecule has 0 saturated heterocycles. The van der Waals surface area contributed by atoms with Crippen LogP contribution in [0.5, 0.6) is 0 Å². The highest BCUT2D eigenvalue weighted by molar-refractivity contribution is 5.36. The maximum atomic E-state index is 5.69. The first-order valence-electron chi connectivity index (χ1n) is 4.10. The SMILES string of the molecule is Cc1c(N)nc2n1CCCC2. The molecule has 0 fully saturated rings. The van der Waals surface area contributed by atoms with Crippen LogP contribution in [0.1, 0.15) is 24.4 Å². The number of fused-ring (bicyclic) bond motifs is 1. The molecule has 1 aliphatic heterocycles. The Morgan fingerprint density at radius 3 is 3.00 bits per heavy atom. The third-order valence-corrected chi connectivity index (χ3v) is 2.37. The van der Waals surface area contributed by atoms with Gasteiger partial charge in [-0.2, -0.15) is 0 Å². The molecular weight excluding hydrogens is 138 g/mol. The molecule has 2 heterocycles. The van der Waals surface area contributed by atoms with Gasteiger partial charge in [-0.1, -0.05) is 0 Å². The highest BCUT2D eigenvalue weighted by Crippen LogP contribution is 2.19. The quantitative estimate of drug-likeness (QED) is 0.603. The van der Waals surface area contributed by atoms with Gasteiger partial charge in [0.1, 0.15) is 11.6 Å². The fraction of sp³-hybridized carbons (Fsp3) is 0.625. The van der Waals surface area contributed by atoms with E-state index in [0.29, 0.717) is 5.82 Å². The molecule has 1 aromatic rings. The second kappa shape index (κ2) is 2.26. The van der Waals surface area contributed by atoms with Crippen LogP contribution in [0, 0.1) is 6.92 Å². The first kappa shape index (κ1) is 6.70. The van der Waals surface area contributed by atoms with Gasteiger partial charge in [0.15, 0.2) is 0 Å². The van der Waals surface area contributed by atoms with Crippen LogP contribution >= 0.6 is 0 Å². The van der Waals surface area contributed by atoms with E-state index in [-0.39, 0.29) is 0 Å². The average molecular weight is 151 g/mol. The van der Waals surface area contributed by atoms with Crippen LogP contribution in [-0.2, 0) is 13.0 Å². The lowest BCUT2D eigenvalue weighted by molar-refractivity contribution is 0.514. The number of nitrogens with zero attached hydrogens (tertiary/aromatic N) is 2. The molecule has 11 heavy (non-hydrogen) atoms. The van der Waals surface area contributed by atoms with E-state index in [1.54, 1.807) is 0 Å². The van der Waals surface area contributed by atoms with Gasteiger partial charge in [-0.3, -0.25) is 0 Å². The molecule has 2 N–H and O–H groups in total. The Balaban J connectivity index is 2.50. The van der Waals surface area contributed by atoms with E-state index in [9.17, 15) is 0 Å². The third kappa shape index (κ3) is 0.914. The molecule has 0 spiro atoms. The number of nitrogens with two attached hydrogens (primary N) is 1. The number of hydrogen-bond acceptors (Lipinski definition) is 2. The van der Waals surface area contributed by atoms with Crippen molar-refractivity contribution in [2.45, 2.75) is 32.7 Å². The monoisotopic (exact) mass is 151 g/mol. The van der Waals surface area contributed by atoms with E-state index in [0.717, 1.165) is 18.7 Å². The van der Waals surface area contributed by atoms with Gasteiger partial charge in [-0.25, -0.2) is 4.98 Å². The Bertz CT molecular complexity index is 275. The highest BCUT2D eigenvalue weighted by atomic mass is 15.1. The van der Waals surface area contributed by atoms with Crippen molar-refractivity contribution in [3.8, 4) is 0 Å². The Morgan fingerprint density at radius 2 is 2.27 bits per heavy atom. The zero-order valence-electron chi connectivity index (χ0n) is 6.80. The van der Waals surface area contributed by atoms with Crippen LogP contribution in [0.4, 0.5) is 5.82 Å². The van der Waals surface area contributed by atoms with Crippen LogP contribution in [0.3, 0.4) is 0 Å². The van der Waals surface area contributed by atoms with E-state index in [2.05, 4.69) is 9.55 Å². The number of aryl methyl sites for hydroxylation is 1. The number of anilines is 1. The van der Waals surface area contributed by atoms with Gasteiger partial charge < -0.3 is 10.3 Å². The Hall–Kier alpha value is -0.990. The van der Waals surface area contributed by atoms with Gasteiger partial charge in [0.2, 0.25) is 0 Å². The summed E-state index contributed by atoms with van der Waals surface area (Å²) in [7, 11) is 0. The summed E-state index contributed by atoms with van der Waals surface area (Å²) in [6.45, 7) is 3.14. The number of imidazole rings is 1. The van der Waals surface area contributed by atoms with Crippen LogP contribution in [-0.4, -0.2) is 9.55 Å². The standard InChI is InChI=1S/C8H13N3/c1-6-8(9)10-7-4-2-3-5-11(6)7/h2-5,9H2,1H3. The van der Waals surface area contributed by atoms with Crippen molar-refractivity contribution >= 4 is 5.82 Å². The van der Waals surface area contributed by atoms with Gasteiger partial charge in [-0.15, -0.1) is 0 Å². The van der Waals surface area contributed by atoms with Gasteiger partial charge in [0.05, 0.1) is 5.69 Å². The highest BCUT2D eigenvalue weighted by Gasteiger charge is 2.14. The second-order valence-corrected chi connectivity index (χ2v) is 3.11. The summed E-state index contributed by atoms with van der Waals surface area (Å²) in [5, 5.41) is 0. The minimum Gasteiger partial charge on any atom is -0.382 e.